The lowest BCUT2D eigenvalue weighted by Gasteiger charge is -2.25. The van der Waals surface area contributed by atoms with Gasteiger partial charge < -0.3 is 15.4 Å². The minimum absolute atomic E-state index is 0.0587. The van der Waals surface area contributed by atoms with Crippen LogP contribution in [0.3, 0.4) is 0 Å². The van der Waals surface area contributed by atoms with Crippen molar-refractivity contribution in [3.63, 3.8) is 0 Å². The smallest absolute Gasteiger partial charge is 0.261 e. The van der Waals surface area contributed by atoms with Gasteiger partial charge in [0.05, 0.1) is 0 Å². The molecule has 104 valence electrons. The fraction of sp³-hybridized carbons (Fsp3) is 0.500. The molecular weight excluding hydrogens is 308 g/mol. The normalized spacial score (nSPS) is 20.6. The summed E-state index contributed by atoms with van der Waals surface area (Å²) in [6, 6.07) is 7.69. The highest BCUT2D eigenvalue weighted by molar-refractivity contribution is 9.10. The van der Waals surface area contributed by atoms with E-state index in [1.165, 1.54) is 0 Å². The first-order valence-electron chi connectivity index (χ1n) is 6.58. The van der Waals surface area contributed by atoms with E-state index in [0.717, 1.165) is 30.4 Å². The quantitative estimate of drug-likeness (QED) is 0.890. The fourth-order valence-corrected chi connectivity index (χ4v) is 2.33. The Balaban J connectivity index is 1.83. The molecule has 5 heteroatoms. The van der Waals surface area contributed by atoms with Crippen LogP contribution in [0.1, 0.15) is 19.8 Å². The predicted molar refractivity (Wildman–Crippen MR) is 78.3 cm³/mol. The van der Waals surface area contributed by atoms with Crippen LogP contribution < -0.4 is 15.4 Å². The second-order valence-electron chi connectivity index (χ2n) is 4.77. The number of piperidine rings is 1. The Bertz CT molecular complexity index is 416. The predicted octanol–water partition coefficient (Wildman–Crippen LogP) is 2.08. The number of hydrogen-bond donors (Lipinski definition) is 2. The summed E-state index contributed by atoms with van der Waals surface area (Å²) < 4.78 is 6.61. The lowest BCUT2D eigenvalue weighted by Crippen LogP contribution is -2.49. The Morgan fingerprint density at radius 1 is 1.47 bits per heavy atom. The van der Waals surface area contributed by atoms with Crippen molar-refractivity contribution < 1.29 is 9.53 Å². The SMILES string of the molecule is CC(Oc1ccc(Br)cc1)C(=O)NC1CCCNC1. The zero-order valence-electron chi connectivity index (χ0n) is 11.0. The van der Waals surface area contributed by atoms with Crippen molar-refractivity contribution in [2.24, 2.45) is 0 Å². The molecule has 4 nitrogen and oxygen atoms in total. The number of halogens is 1. The van der Waals surface area contributed by atoms with Crippen LogP contribution >= 0.6 is 15.9 Å². The van der Waals surface area contributed by atoms with E-state index < -0.39 is 6.10 Å². The summed E-state index contributed by atoms with van der Waals surface area (Å²) in [7, 11) is 0. The number of nitrogens with one attached hydrogen (secondary N) is 2. The third kappa shape index (κ3) is 4.51. The van der Waals surface area contributed by atoms with Gasteiger partial charge in [0.15, 0.2) is 6.10 Å². The van der Waals surface area contributed by atoms with Gasteiger partial charge in [0.2, 0.25) is 0 Å². The van der Waals surface area contributed by atoms with Crippen LogP contribution in [0.15, 0.2) is 28.7 Å². The van der Waals surface area contributed by atoms with Crippen molar-refractivity contribution in [3.05, 3.63) is 28.7 Å². The molecule has 2 N–H and O–H groups in total. The number of carbonyl (C=O) groups is 1. The maximum Gasteiger partial charge on any atom is 0.261 e. The number of amides is 1. The van der Waals surface area contributed by atoms with Crippen LogP contribution in [0.2, 0.25) is 0 Å². The molecule has 19 heavy (non-hydrogen) atoms. The van der Waals surface area contributed by atoms with Gasteiger partial charge in [-0.15, -0.1) is 0 Å². The van der Waals surface area contributed by atoms with Crippen molar-refractivity contribution >= 4 is 21.8 Å². The highest BCUT2D eigenvalue weighted by atomic mass is 79.9. The molecule has 1 saturated heterocycles. The van der Waals surface area contributed by atoms with E-state index in [0.29, 0.717) is 5.75 Å². The average Bonchev–Trinajstić information content (AvgIpc) is 2.42. The Morgan fingerprint density at radius 2 is 2.21 bits per heavy atom. The zero-order valence-corrected chi connectivity index (χ0v) is 12.6. The van der Waals surface area contributed by atoms with Gasteiger partial charge in [-0.3, -0.25) is 4.79 Å². The van der Waals surface area contributed by atoms with E-state index in [9.17, 15) is 4.79 Å². The molecule has 1 aliphatic heterocycles. The first-order valence-corrected chi connectivity index (χ1v) is 7.38. The van der Waals surface area contributed by atoms with Crippen molar-refractivity contribution in [2.75, 3.05) is 13.1 Å². The van der Waals surface area contributed by atoms with E-state index in [1.54, 1.807) is 6.92 Å². The summed E-state index contributed by atoms with van der Waals surface area (Å²) in [5.74, 6) is 0.643. The molecule has 0 bridgehead atoms. The molecule has 0 saturated carbocycles. The van der Waals surface area contributed by atoms with Gasteiger partial charge in [-0.2, -0.15) is 0 Å². The number of benzene rings is 1. The molecule has 1 heterocycles. The molecule has 1 aliphatic rings. The van der Waals surface area contributed by atoms with Gasteiger partial charge in [-0.25, -0.2) is 0 Å². The van der Waals surface area contributed by atoms with Gasteiger partial charge in [0, 0.05) is 17.1 Å². The summed E-state index contributed by atoms with van der Waals surface area (Å²) in [4.78, 5) is 12.0. The highest BCUT2D eigenvalue weighted by Gasteiger charge is 2.20. The van der Waals surface area contributed by atoms with Gasteiger partial charge in [0.25, 0.3) is 5.91 Å². The summed E-state index contributed by atoms with van der Waals surface area (Å²) in [6.07, 6.45) is 1.65. The largest absolute Gasteiger partial charge is 0.481 e. The van der Waals surface area contributed by atoms with Gasteiger partial charge in [-0.1, -0.05) is 15.9 Å². The van der Waals surface area contributed by atoms with E-state index in [4.69, 9.17) is 4.74 Å². The van der Waals surface area contributed by atoms with Crippen LogP contribution in [0.5, 0.6) is 5.75 Å². The van der Waals surface area contributed by atoms with E-state index in [1.807, 2.05) is 24.3 Å². The van der Waals surface area contributed by atoms with Crippen LogP contribution in [-0.2, 0) is 4.79 Å². The van der Waals surface area contributed by atoms with Crippen LogP contribution in [0, 0.1) is 0 Å². The van der Waals surface area contributed by atoms with Crippen LogP contribution in [-0.4, -0.2) is 31.1 Å². The average molecular weight is 327 g/mol. The molecule has 2 atom stereocenters. The maximum absolute atomic E-state index is 12.0. The molecule has 1 fully saturated rings. The monoisotopic (exact) mass is 326 g/mol. The molecule has 1 aromatic rings. The van der Waals surface area contributed by atoms with Crippen molar-refractivity contribution in [1.82, 2.24) is 10.6 Å². The first kappa shape index (κ1) is 14.3. The Hall–Kier alpha value is -1.07. The molecular formula is C14H19BrN2O2. The Morgan fingerprint density at radius 3 is 2.84 bits per heavy atom. The van der Waals surface area contributed by atoms with Crippen LogP contribution in [0.25, 0.3) is 0 Å². The maximum atomic E-state index is 12.0. The first-order chi connectivity index (χ1) is 9.15. The second kappa shape index (κ2) is 6.91. The lowest BCUT2D eigenvalue weighted by molar-refractivity contribution is -0.128. The number of rotatable bonds is 4. The van der Waals surface area contributed by atoms with Gasteiger partial charge >= 0.3 is 0 Å². The summed E-state index contributed by atoms with van der Waals surface area (Å²) in [6.45, 7) is 3.65. The minimum atomic E-state index is -0.483. The highest BCUT2D eigenvalue weighted by Crippen LogP contribution is 2.17. The fourth-order valence-electron chi connectivity index (χ4n) is 2.06. The van der Waals surface area contributed by atoms with E-state index >= 15 is 0 Å². The number of carbonyl (C=O) groups excluding carboxylic acids is 1. The third-order valence-electron chi connectivity index (χ3n) is 3.14. The molecule has 2 rings (SSSR count). The molecule has 2 unspecified atom stereocenters. The summed E-state index contributed by atoms with van der Waals surface area (Å²) >= 11 is 3.36. The van der Waals surface area contributed by atoms with Crippen LogP contribution in [0.4, 0.5) is 0 Å². The van der Waals surface area contributed by atoms with E-state index in [-0.39, 0.29) is 11.9 Å². The van der Waals surface area contributed by atoms with Crippen molar-refractivity contribution in [1.29, 1.82) is 0 Å². The summed E-state index contributed by atoms with van der Waals surface area (Å²) in [5, 5.41) is 6.29. The Kier molecular flexibility index (Phi) is 5.22. The standard InChI is InChI=1S/C14H19BrN2O2/c1-10(19-13-6-4-11(15)5-7-13)14(18)17-12-3-2-8-16-9-12/h4-7,10,12,16H,2-3,8-9H2,1H3,(H,17,18). The molecule has 1 aromatic carbocycles. The topological polar surface area (TPSA) is 50.4 Å². The van der Waals surface area contributed by atoms with E-state index in [2.05, 4.69) is 26.6 Å². The second-order valence-corrected chi connectivity index (χ2v) is 5.68. The minimum Gasteiger partial charge on any atom is -0.481 e. The zero-order chi connectivity index (χ0) is 13.7. The van der Waals surface area contributed by atoms with Crippen molar-refractivity contribution in [2.45, 2.75) is 31.9 Å². The molecule has 0 aromatic heterocycles. The lowest BCUT2D eigenvalue weighted by atomic mass is 10.1. The van der Waals surface area contributed by atoms with Crippen molar-refractivity contribution in [3.8, 4) is 5.75 Å². The van der Waals surface area contributed by atoms with Gasteiger partial charge in [-0.05, 0) is 50.6 Å². The number of ether oxygens (including phenoxy) is 1. The molecule has 0 aliphatic carbocycles. The Labute approximate surface area is 122 Å². The third-order valence-corrected chi connectivity index (χ3v) is 3.67. The number of hydrogen-bond acceptors (Lipinski definition) is 3. The summed E-state index contributed by atoms with van der Waals surface area (Å²) in [5.41, 5.74) is 0. The molecule has 0 radical (unpaired) electrons. The van der Waals surface area contributed by atoms with Gasteiger partial charge in [0.1, 0.15) is 5.75 Å². The molecule has 0 spiro atoms. The molecule has 1 amide bonds.